The van der Waals surface area contributed by atoms with Gasteiger partial charge >= 0.3 is 6.18 Å². The Hall–Kier alpha value is -1.57. The number of aryl methyl sites for hydroxylation is 1. The van der Waals surface area contributed by atoms with Crippen molar-refractivity contribution in [2.24, 2.45) is 0 Å². The molecule has 2 aliphatic rings. The molecule has 0 atom stereocenters. The maximum atomic E-state index is 12.8. The van der Waals surface area contributed by atoms with Gasteiger partial charge in [-0.2, -0.15) is 13.2 Å². The summed E-state index contributed by atoms with van der Waals surface area (Å²) in [5.74, 6) is -0.282. The van der Waals surface area contributed by atoms with Crippen molar-refractivity contribution in [3.8, 4) is 0 Å². The van der Waals surface area contributed by atoms with Gasteiger partial charge in [0.25, 0.3) is 0 Å². The zero-order valence-electron chi connectivity index (χ0n) is 11.6. The van der Waals surface area contributed by atoms with Crippen LogP contribution in [0.2, 0.25) is 5.28 Å². The lowest BCUT2D eigenvalue weighted by Gasteiger charge is -2.21. The number of carbonyl (C=O) groups excluding carboxylic acids is 1. The van der Waals surface area contributed by atoms with Crippen LogP contribution in [-0.2, 0) is 17.6 Å². The molecule has 0 unspecified atom stereocenters. The number of hydrogen-bond acceptors (Lipinski definition) is 4. The molecular formula is C13H14ClF3N4O. The molecule has 2 aliphatic carbocycles. The Morgan fingerprint density at radius 3 is 2.64 bits per heavy atom. The van der Waals surface area contributed by atoms with Crippen LogP contribution in [-0.4, -0.2) is 34.1 Å². The SMILES string of the molecule is O=C(CNc1nc(Cl)nc2c1CCC2)NC1(C(F)(F)F)CC1. The van der Waals surface area contributed by atoms with Gasteiger partial charge in [0, 0.05) is 5.56 Å². The molecule has 2 N–H and O–H groups in total. The summed E-state index contributed by atoms with van der Waals surface area (Å²) in [6.07, 6.45) is -2.09. The van der Waals surface area contributed by atoms with Gasteiger partial charge in [0.15, 0.2) is 0 Å². The highest BCUT2D eigenvalue weighted by atomic mass is 35.5. The van der Waals surface area contributed by atoms with E-state index in [0.29, 0.717) is 5.82 Å². The van der Waals surface area contributed by atoms with Crippen LogP contribution in [0.4, 0.5) is 19.0 Å². The molecule has 1 heterocycles. The fraction of sp³-hybridized carbons (Fsp3) is 0.615. The minimum Gasteiger partial charge on any atom is -0.361 e. The van der Waals surface area contributed by atoms with E-state index >= 15 is 0 Å². The third-order valence-electron chi connectivity index (χ3n) is 3.99. The number of hydrogen-bond donors (Lipinski definition) is 2. The summed E-state index contributed by atoms with van der Waals surface area (Å²) in [6.45, 7) is -0.280. The Labute approximate surface area is 129 Å². The summed E-state index contributed by atoms with van der Waals surface area (Å²) < 4.78 is 38.3. The van der Waals surface area contributed by atoms with Crippen LogP contribution in [0.5, 0.6) is 0 Å². The van der Waals surface area contributed by atoms with E-state index in [-0.39, 0.29) is 24.7 Å². The standard InChI is InChI=1S/C13H14ClF3N4O/c14-11-19-8-3-1-2-7(8)10(20-11)18-6-9(22)21-12(4-5-12)13(15,16)17/h1-6H2,(H,21,22)(H,18,19,20). The highest BCUT2D eigenvalue weighted by molar-refractivity contribution is 6.28. The molecule has 0 bridgehead atoms. The fourth-order valence-corrected chi connectivity index (χ4v) is 2.81. The van der Waals surface area contributed by atoms with E-state index in [1.807, 2.05) is 0 Å². The Kier molecular flexibility index (Phi) is 3.66. The third-order valence-corrected chi connectivity index (χ3v) is 4.16. The van der Waals surface area contributed by atoms with Gasteiger partial charge in [-0.3, -0.25) is 4.79 Å². The van der Waals surface area contributed by atoms with Gasteiger partial charge in [0.1, 0.15) is 11.4 Å². The van der Waals surface area contributed by atoms with Crippen molar-refractivity contribution >= 4 is 23.3 Å². The van der Waals surface area contributed by atoms with E-state index < -0.39 is 17.6 Å². The van der Waals surface area contributed by atoms with E-state index in [1.165, 1.54) is 0 Å². The number of amides is 1. The minimum atomic E-state index is -4.41. The smallest absolute Gasteiger partial charge is 0.361 e. The van der Waals surface area contributed by atoms with E-state index in [2.05, 4.69) is 20.6 Å². The summed E-state index contributed by atoms with van der Waals surface area (Å²) in [5, 5.41) is 4.90. The molecule has 1 amide bonds. The second-order valence-electron chi connectivity index (χ2n) is 5.60. The third kappa shape index (κ3) is 2.84. The number of alkyl halides is 3. The zero-order valence-corrected chi connectivity index (χ0v) is 12.3. The van der Waals surface area contributed by atoms with Crippen molar-refractivity contribution in [1.29, 1.82) is 0 Å². The molecular weight excluding hydrogens is 321 g/mol. The molecule has 5 nitrogen and oxygen atoms in total. The lowest BCUT2D eigenvalue weighted by atomic mass is 10.2. The van der Waals surface area contributed by atoms with Crippen LogP contribution >= 0.6 is 11.6 Å². The average Bonchev–Trinajstić information content (AvgIpc) is 3.05. The van der Waals surface area contributed by atoms with Crippen LogP contribution < -0.4 is 10.6 Å². The predicted octanol–water partition coefficient (Wildman–Crippen LogP) is 2.24. The molecule has 1 aromatic rings. The van der Waals surface area contributed by atoms with Crippen LogP contribution in [0, 0.1) is 0 Å². The van der Waals surface area contributed by atoms with Crippen molar-refractivity contribution in [3.63, 3.8) is 0 Å². The molecule has 3 rings (SSSR count). The molecule has 120 valence electrons. The highest BCUT2D eigenvalue weighted by Crippen LogP contribution is 2.48. The lowest BCUT2D eigenvalue weighted by molar-refractivity contribution is -0.169. The quantitative estimate of drug-likeness (QED) is 0.829. The number of nitrogens with zero attached hydrogens (tertiary/aromatic N) is 2. The fourth-order valence-electron chi connectivity index (χ4n) is 2.63. The molecule has 1 aromatic heterocycles. The number of halogens is 4. The Morgan fingerprint density at radius 2 is 2.00 bits per heavy atom. The molecule has 1 fully saturated rings. The van der Waals surface area contributed by atoms with E-state index in [1.54, 1.807) is 0 Å². The normalized spacial score (nSPS) is 18.7. The maximum Gasteiger partial charge on any atom is 0.411 e. The monoisotopic (exact) mass is 334 g/mol. The van der Waals surface area contributed by atoms with E-state index in [9.17, 15) is 18.0 Å². The topological polar surface area (TPSA) is 66.9 Å². The van der Waals surface area contributed by atoms with Gasteiger partial charge < -0.3 is 10.6 Å². The summed E-state index contributed by atoms with van der Waals surface area (Å²) in [5.41, 5.74) is -0.331. The predicted molar refractivity (Wildman–Crippen MR) is 73.7 cm³/mol. The summed E-state index contributed by atoms with van der Waals surface area (Å²) in [4.78, 5) is 19.9. The van der Waals surface area contributed by atoms with Crippen molar-refractivity contribution in [1.82, 2.24) is 15.3 Å². The molecule has 1 saturated carbocycles. The molecule has 0 aliphatic heterocycles. The number of fused-ring (bicyclic) bond motifs is 1. The van der Waals surface area contributed by atoms with Gasteiger partial charge in [-0.15, -0.1) is 0 Å². The van der Waals surface area contributed by atoms with E-state index in [4.69, 9.17) is 11.6 Å². The number of aromatic nitrogens is 2. The average molecular weight is 335 g/mol. The first-order chi connectivity index (χ1) is 10.3. The number of nitrogens with one attached hydrogen (secondary N) is 2. The second-order valence-corrected chi connectivity index (χ2v) is 5.94. The van der Waals surface area contributed by atoms with E-state index in [0.717, 1.165) is 30.5 Å². The zero-order chi connectivity index (χ0) is 16.0. The first kappa shape index (κ1) is 15.3. The number of carbonyl (C=O) groups is 1. The first-order valence-corrected chi connectivity index (χ1v) is 7.35. The van der Waals surface area contributed by atoms with Crippen molar-refractivity contribution in [3.05, 3.63) is 16.5 Å². The molecule has 22 heavy (non-hydrogen) atoms. The van der Waals surface area contributed by atoms with Crippen LogP contribution in [0.1, 0.15) is 30.5 Å². The van der Waals surface area contributed by atoms with Gasteiger partial charge in [0.2, 0.25) is 11.2 Å². The van der Waals surface area contributed by atoms with Crippen LogP contribution in [0.3, 0.4) is 0 Å². The van der Waals surface area contributed by atoms with Crippen LogP contribution in [0.25, 0.3) is 0 Å². The van der Waals surface area contributed by atoms with Gasteiger partial charge in [-0.05, 0) is 43.7 Å². The largest absolute Gasteiger partial charge is 0.411 e. The van der Waals surface area contributed by atoms with Gasteiger partial charge in [0.05, 0.1) is 12.2 Å². The van der Waals surface area contributed by atoms with Crippen molar-refractivity contribution in [2.75, 3.05) is 11.9 Å². The highest BCUT2D eigenvalue weighted by Gasteiger charge is 2.64. The Bertz CT molecular complexity index is 616. The van der Waals surface area contributed by atoms with Crippen molar-refractivity contribution in [2.45, 2.75) is 43.8 Å². The first-order valence-electron chi connectivity index (χ1n) is 6.98. The van der Waals surface area contributed by atoms with Crippen molar-refractivity contribution < 1.29 is 18.0 Å². The molecule has 0 aromatic carbocycles. The maximum absolute atomic E-state index is 12.8. The molecule has 0 spiro atoms. The van der Waals surface area contributed by atoms with Crippen LogP contribution in [0.15, 0.2) is 0 Å². The summed E-state index contributed by atoms with van der Waals surface area (Å²) in [6, 6.07) is 0. The summed E-state index contributed by atoms with van der Waals surface area (Å²) >= 11 is 5.81. The summed E-state index contributed by atoms with van der Waals surface area (Å²) in [7, 11) is 0. The lowest BCUT2D eigenvalue weighted by Crippen LogP contribution is -2.49. The number of anilines is 1. The van der Waals surface area contributed by atoms with Gasteiger partial charge in [-0.1, -0.05) is 0 Å². The molecule has 0 radical (unpaired) electrons. The second kappa shape index (κ2) is 5.26. The minimum absolute atomic E-state index is 0.0671. The Morgan fingerprint density at radius 1 is 1.27 bits per heavy atom. The van der Waals surface area contributed by atoms with Gasteiger partial charge in [-0.25, -0.2) is 9.97 Å². The molecule has 0 saturated heterocycles. The Balaban J connectivity index is 1.63. The molecule has 9 heteroatoms. The number of rotatable bonds is 4.